The van der Waals surface area contributed by atoms with E-state index in [1.165, 1.54) is 12.1 Å². The van der Waals surface area contributed by atoms with Gasteiger partial charge in [0.25, 0.3) is 0 Å². The van der Waals surface area contributed by atoms with Gasteiger partial charge < -0.3 is 0 Å². The average molecular weight is 261 g/mol. The summed E-state index contributed by atoms with van der Waals surface area (Å²) in [5.41, 5.74) is 1.85. The van der Waals surface area contributed by atoms with Crippen molar-refractivity contribution in [2.24, 2.45) is 0 Å². The first kappa shape index (κ1) is 13.7. The summed E-state index contributed by atoms with van der Waals surface area (Å²) in [7, 11) is 0. The molecule has 1 aromatic carbocycles. The fourth-order valence-corrected chi connectivity index (χ4v) is 2.25. The van der Waals surface area contributed by atoms with E-state index in [-0.39, 0.29) is 5.92 Å². The first-order valence-corrected chi connectivity index (χ1v) is 6.57. The monoisotopic (exact) mass is 261 g/mol. The minimum absolute atomic E-state index is 0.0729. The van der Waals surface area contributed by atoms with Gasteiger partial charge >= 0.3 is 0 Å². The van der Waals surface area contributed by atoms with Crippen LogP contribution >= 0.6 is 0 Å². The zero-order chi connectivity index (χ0) is 13.7. The topological polar surface area (TPSA) is 12.9 Å². The smallest absolute Gasteiger partial charge is 0.159 e. The van der Waals surface area contributed by atoms with Crippen molar-refractivity contribution < 1.29 is 8.78 Å². The second kappa shape index (κ2) is 6.41. The first-order valence-electron chi connectivity index (χ1n) is 6.57. The van der Waals surface area contributed by atoms with E-state index >= 15 is 0 Å². The van der Waals surface area contributed by atoms with E-state index in [9.17, 15) is 8.78 Å². The van der Waals surface area contributed by atoms with Gasteiger partial charge in [0.1, 0.15) is 0 Å². The Labute approximate surface area is 112 Å². The van der Waals surface area contributed by atoms with Crippen LogP contribution in [-0.4, -0.2) is 4.98 Å². The number of pyridine rings is 1. The highest BCUT2D eigenvalue weighted by molar-refractivity contribution is 5.31. The van der Waals surface area contributed by atoms with Crippen molar-refractivity contribution in [2.75, 3.05) is 0 Å². The molecule has 0 saturated carbocycles. The Morgan fingerprint density at radius 1 is 1.11 bits per heavy atom. The molecule has 0 spiro atoms. The van der Waals surface area contributed by atoms with Crippen LogP contribution in [0.3, 0.4) is 0 Å². The normalized spacial score (nSPS) is 12.4. The number of hydrogen-bond acceptors (Lipinski definition) is 1. The van der Waals surface area contributed by atoms with Crippen LogP contribution in [0.25, 0.3) is 0 Å². The minimum atomic E-state index is -0.802. The van der Waals surface area contributed by atoms with E-state index in [1.54, 1.807) is 18.5 Å². The number of hydrogen-bond donors (Lipinski definition) is 0. The molecule has 0 aliphatic carbocycles. The molecule has 1 atom stereocenters. The molecule has 3 heteroatoms. The number of unbranched alkanes of at least 4 members (excludes halogenated alkanes) is 1. The van der Waals surface area contributed by atoms with E-state index in [0.717, 1.165) is 30.4 Å². The van der Waals surface area contributed by atoms with Gasteiger partial charge in [-0.25, -0.2) is 8.78 Å². The Hall–Kier alpha value is -1.77. The van der Waals surface area contributed by atoms with Crippen LogP contribution in [0.4, 0.5) is 8.78 Å². The quantitative estimate of drug-likeness (QED) is 0.761. The fourth-order valence-electron chi connectivity index (χ4n) is 2.25. The molecule has 0 saturated heterocycles. The van der Waals surface area contributed by atoms with Gasteiger partial charge in [-0.15, -0.1) is 0 Å². The van der Waals surface area contributed by atoms with Gasteiger partial charge in [0.2, 0.25) is 0 Å². The van der Waals surface area contributed by atoms with Crippen LogP contribution in [0.15, 0.2) is 42.7 Å². The van der Waals surface area contributed by atoms with Gasteiger partial charge in [-0.05, 0) is 35.7 Å². The lowest BCUT2D eigenvalue weighted by Crippen LogP contribution is -2.03. The van der Waals surface area contributed by atoms with Crippen molar-refractivity contribution >= 4 is 0 Å². The highest BCUT2D eigenvalue weighted by Gasteiger charge is 2.15. The van der Waals surface area contributed by atoms with Gasteiger partial charge in [0, 0.05) is 18.3 Å². The molecule has 2 rings (SSSR count). The Morgan fingerprint density at radius 2 is 1.95 bits per heavy atom. The molecular formula is C16H17F2N. The molecule has 19 heavy (non-hydrogen) atoms. The third kappa shape index (κ3) is 3.37. The Balaban J connectivity index is 2.34. The highest BCUT2D eigenvalue weighted by atomic mass is 19.2. The molecule has 0 amide bonds. The second-order valence-electron chi connectivity index (χ2n) is 4.65. The fraction of sp³-hybridized carbons (Fsp3) is 0.312. The van der Waals surface area contributed by atoms with Crippen molar-refractivity contribution in [3.8, 4) is 0 Å². The Bertz CT molecular complexity index is 526. The zero-order valence-corrected chi connectivity index (χ0v) is 10.9. The number of benzene rings is 1. The summed E-state index contributed by atoms with van der Waals surface area (Å²) >= 11 is 0. The zero-order valence-electron chi connectivity index (χ0n) is 10.9. The maximum absolute atomic E-state index is 13.4. The van der Waals surface area contributed by atoms with E-state index in [4.69, 9.17) is 0 Å². The van der Waals surface area contributed by atoms with E-state index in [0.29, 0.717) is 0 Å². The van der Waals surface area contributed by atoms with Gasteiger partial charge in [-0.3, -0.25) is 4.98 Å². The van der Waals surface area contributed by atoms with Crippen LogP contribution < -0.4 is 0 Å². The lowest BCUT2D eigenvalue weighted by Gasteiger charge is -2.17. The van der Waals surface area contributed by atoms with Gasteiger partial charge in [0.05, 0.1) is 0 Å². The summed E-state index contributed by atoms with van der Waals surface area (Å²) in [4.78, 5) is 4.11. The maximum atomic E-state index is 13.4. The average Bonchev–Trinajstić information content (AvgIpc) is 2.44. The molecule has 0 aliphatic heterocycles. The second-order valence-corrected chi connectivity index (χ2v) is 4.65. The van der Waals surface area contributed by atoms with E-state index in [2.05, 4.69) is 11.9 Å². The van der Waals surface area contributed by atoms with E-state index in [1.807, 2.05) is 12.1 Å². The molecule has 0 N–H and O–H groups in total. The molecule has 0 bridgehead atoms. The molecular weight excluding hydrogens is 244 g/mol. The lowest BCUT2D eigenvalue weighted by atomic mass is 9.88. The van der Waals surface area contributed by atoms with Crippen LogP contribution in [-0.2, 0) is 0 Å². The van der Waals surface area contributed by atoms with Gasteiger partial charge in [0.15, 0.2) is 11.6 Å². The minimum Gasteiger partial charge on any atom is -0.264 e. The van der Waals surface area contributed by atoms with Crippen LogP contribution in [0.2, 0.25) is 0 Å². The molecule has 0 fully saturated rings. The SMILES string of the molecule is CCCCC(c1cccnc1)c1ccc(F)c(F)c1. The predicted molar refractivity (Wildman–Crippen MR) is 72.0 cm³/mol. The summed E-state index contributed by atoms with van der Waals surface area (Å²) in [6.07, 6.45) is 6.53. The maximum Gasteiger partial charge on any atom is 0.159 e. The molecule has 1 heterocycles. The van der Waals surface area contributed by atoms with Crippen molar-refractivity contribution in [1.29, 1.82) is 0 Å². The summed E-state index contributed by atoms with van der Waals surface area (Å²) in [6.45, 7) is 2.12. The summed E-state index contributed by atoms with van der Waals surface area (Å²) in [5, 5.41) is 0. The largest absolute Gasteiger partial charge is 0.264 e. The number of rotatable bonds is 5. The number of nitrogens with zero attached hydrogens (tertiary/aromatic N) is 1. The predicted octanol–water partition coefficient (Wildman–Crippen LogP) is 4.68. The van der Waals surface area contributed by atoms with Crippen molar-refractivity contribution in [2.45, 2.75) is 32.1 Å². The molecule has 2 aromatic rings. The summed E-state index contributed by atoms with van der Waals surface area (Å²) in [5.74, 6) is -1.52. The van der Waals surface area contributed by atoms with E-state index < -0.39 is 11.6 Å². The van der Waals surface area contributed by atoms with Crippen LogP contribution in [0.1, 0.15) is 43.2 Å². The summed E-state index contributed by atoms with van der Waals surface area (Å²) < 4.78 is 26.4. The molecule has 0 aliphatic rings. The van der Waals surface area contributed by atoms with Gasteiger partial charge in [-0.2, -0.15) is 0 Å². The van der Waals surface area contributed by atoms with Crippen LogP contribution in [0, 0.1) is 11.6 Å². The number of halogens is 2. The lowest BCUT2D eigenvalue weighted by molar-refractivity contribution is 0.505. The van der Waals surface area contributed by atoms with Gasteiger partial charge in [-0.1, -0.05) is 31.9 Å². The highest BCUT2D eigenvalue weighted by Crippen LogP contribution is 2.30. The molecule has 100 valence electrons. The molecule has 1 aromatic heterocycles. The molecule has 1 unspecified atom stereocenters. The van der Waals surface area contributed by atoms with Crippen LogP contribution in [0.5, 0.6) is 0 Å². The van der Waals surface area contributed by atoms with Crippen molar-refractivity contribution in [3.05, 3.63) is 65.5 Å². The Morgan fingerprint density at radius 3 is 2.58 bits per heavy atom. The third-order valence-electron chi connectivity index (χ3n) is 3.28. The van der Waals surface area contributed by atoms with Crippen molar-refractivity contribution in [1.82, 2.24) is 4.98 Å². The molecule has 1 nitrogen and oxygen atoms in total. The van der Waals surface area contributed by atoms with Crippen molar-refractivity contribution in [3.63, 3.8) is 0 Å². The first-order chi connectivity index (χ1) is 9.22. The Kier molecular flexibility index (Phi) is 4.61. The number of aromatic nitrogens is 1. The standard InChI is InChI=1S/C16H17F2N/c1-2-3-6-14(13-5-4-9-19-11-13)12-7-8-15(17)16(18)10-12/h4-5,7-11,14H,2-3,6H2,1H3. The summed E-state index contributed by atoms with van der Waals surface area (Å²) in [6, 6.07) is 8.00. The molecule has 0 radical (unpaired) electrons. The third-order valence-corrected chi connectivity index (χ3v) is 3.28.